The van der Waals surface area contributed by atoms with E-state index in [1.807, 2.05) is 31.2 Å². The number of thioether (sulfide) groups is 1. The number of hydrogen-bond donors (Lipinski definition) is 0. The van der Waals surface area contributed by atoms with E-state index in [1.165, 1.54) is 18.2 Å². The van der Waals surface area contributed by atoms with Gasteiger partial charge in [0, 0.05) is 29.7 Å². The maximum Gasteiger partial charge on any atom is 0.233 e. The molecular formula is C22H31ClN4O3S2. The SMILES string of the molecule is CCCCCCn1c(SCC(=O)N(CC)C2CCS(=O)(=O)C2)nnc1-c1ccc(Cl)cc1. The van der Waals surface area contributed by atoms with E-state index in [4.69, 9.17) is 11.6 Å². The van der Waals surface area contributed by atoms with Gasteiger partial charge in [0.15, 0.2) is 20.8 Å². The van der Waals surface area contributed by atoms with Crippen LogP contribution in [0.3, 0.4) is 0 Å². The average molecular weight is 499 g/mol. The lowest BCUT2D eigenvalue weighted by atomic mass is 10.2. The quantitative estimate of drug-likeness (QED) is 0.339. The molecule has 0 N–H and O–H groups in total. The molecule has 0 radical (unpaired) electrons. The van der Waals surface area contributed by atoms with Gasteiger partial charge in [0.05, 0.1) is 17.3 Å². The molecule has 1 aliphatic heterocycles. The molecule has 1 unspecified atom stereocenters. The summed E-state index contributed by atoms with van der Waals surface area (Å²) in [7, 11) is -3.04. The lowest BCUT2D eigenvalue weighted by molar-refractivity contribution is -0.129. The van der Waals surface area contributed by atoms with Crippen molar-refractivity contribution in [1.82, 2.24) is 19.7 Å². The van der Waals surface area contributed by atoms with Crippen molar-refractivity contribution in [2.24, 2.45) is 0 Å². The Labute approximate surface area is 199 Å². The molecular weight excluding hydrogens is 468 g/mol. The largest absolute Gasteiger partial charge is 0.338 e. The molecule has 1 amide bonds. The van der Waals surface area contributed by atoms with Crippen LogP contribution < -0.4 is 0 Å². The van der Waals surface area contributed by atoms with E-state index in [-0.39, 0.29) is 29.2 Å². The molecule has 10 heteroatoms. The summed E-state index contributed by atoms with van der Waals surface area (Å²) in [6.07, 6.45) is 4.98. The van der Waals surface area contributed by atoms with Crippen molar-refractivity contribution in [2.75, 3.05) is 23.8 Å². The van der Waals surface area contributed by atoms with Crippen LogP contribution >= 0.6 is 23.4 Å². The van der Waals surface area contributed by atoms with Crippen molar-refractivity contribution in [2.45, 2.75) is 63.7 Å². The Kier molecular flexibility index (Phi) is 9.02. The fourth-order valence-corrected chi connectivity index (χ4v) is 6.68. The van der Waals surface area contributed by atoms with Crippen LogP contribution in [0.15, 0.2) is 29.4 Å². The number of nitrogens with zero attached hydrogens (tertiary/aromatic N) is 4. The first-order valence-electron chi connectivity index (χ1n) is 11.2. The Morgan fingerprint density at radius 3 is 2.56 bits per heavy atom. The first-order valence-corrected chi connectivity index (χ1v) is 14.3. The van der Waals surface area contributed by atoms with Crippen molar-refractivity contribution < 1.29 is 13.2 Å². The standard InChI is InChI=1S/C22H31ClN4O3S2/c1-3-5-6-7-13-27-21(17-8-10-18(23)11-9-17)24-25-22(27)31-15-20(28)26(4-2)19-12-14-32(29,30)16-19/h8-11,19H,3-7,12-16H2,1-2H3. The molecule has 1 aromatic heterocycles. The summed E-state index contributed by atoms with van der Waals surface area (Å²) >= 11 is 7.40. The van der Waals surface area contributed by atoms with Crippen LogP contribution in [-0.4, -0.2) is 63.8 Å². The molecule has 1 fully saturated rings. The Hall–Kier alpha value is -1.58. The second-order valence-electron chi connectivity index (χ2n) is 8.05. The highest BCUT2D eigenvalue weighted by Crippen LogP contribution is 2.27. The smallest absolute Gasteiger partial charge is 0.233 e. The highest BCUT2D eigenvalue weighted by atomic mass is 35.5. The molecule has 32 heavy (non-hydrogen) atoms. The minimum Gasteiger partial charge on any atom is -0.338 e. The fraction of sp³-hybridized carbons (Fsp3) is 0.591. The van der Waals surface area contributed by atoms with Gasteiger partial charge in [-0.2, -0.15) is 0 Å². The third-order valence-electron chi connectivity index (χ3n) is 5.69. The maximum atomic E-state index is 12.9. The van der Waals surface area contributed by atoms with Crippen molar-refractivity contribution in [3.63, 3.8) is 0 Å². The number of halogens is 1. The topological polar surface area (TPSA) is 85.2 Å². The molecule has 1 saturated heterocycles. The number of rotatable bonds is 11. The third-order valence-corrected chi connectivity index (χ3v) is 8.64. The number of hydrogen-bond acceptors (Lipinski definition) is 6. The van der Waals surface area contributed by atoms with Gasteiger partial charge in [0.1, 0.15) is 0 Å². The first kappa shape index (κ1) is 25.1. The van der Waals surface area contributed by atoms with Crippen molar-refractivity contribution in [1.29, 1.82) is 0 Å². The molecule has 1 aromatic carbocycles. The molecule has 3 rings (SSSR count). The number of carbonyl (C=O) groups is 1. The highest BCUT2D eigenvalue weighted by molar-refractivity contribution is 7.99. The molecule has 176 valence electrons. The van der Waals surface area contributed by atoms with Crippen molar-refractivity contribution in [3.05, 3.63) is 29.3 Å². The van der Waals surface area contributed by atoms with Gasteiger partial charge in [-0.3, -0.25) is 4.79 Å². The van der Waals surface area contributed by atoms with Crippen molar-refractivity contribution >= 4 is 39.1 Å². The maximum absolute atomic E-state index is 12.9. The van der Waals surface area contributed by atoms with Gasteiger partial charge in [-0.15, -0.1) is 10.2 Å². The Morgan fingerprint density at radius 1 is 1.19 bits per heavy atom. The van der Waals surface area contributed by atoms with E-state index >= 15 is 0 Å². The van der Waals surface area contributed by atoms with Gasteiger partial charge in [-0.25, -0.2) is 8.42 Å². The van der Waals surface area contributed by atoms with Crippen LogP contribution in [0.25, 0.3) is 11.4 Å². The van der Waals surface area contributed by atoms with Crippen LogP contribution in [0.5, 0.6) is 0 Å². The number of sulfone groups is 1. The van der Waals surface area contributed by atoms with Crippen LogP contribution in [0.2, 0.25) is 5.02 Å². The van der Waals surface area contributed by atoms with E-state index in [0.29, 0.717) is 23.1 Å². The lowest BCUT2D eigenvalue weighted by Crippen LogP contribution is -2.42. The monoisotopic (exact) mass is 498 g/mol. The molecule has 1 atom stereocenters. The lowest BCUT2D eigenvalue weighted by Gasteiger charge is -2.26. The van der Waals surface area contributed by atoms with Crippen LogP contribution in [0.4, 0.5) is 0 Å². The highest BCUT2D eigenvalue weighted by Gasteiger charge is 2.34. The van der Waals surface area contributed by atoms with E-state index in [9.17, 15) is 13.2 Å². The summed E-state index contributed by atoms with van der Waals surface area (Å²) in [5, 5.41) is 10.1. The zero-order chi connectivity index (χ0) is 23.1. The molecule has 7 nitrogen and oxygen atoms in total. The van der Waals surface area contributed by atoms with Gasteiger partial charge >= 0.3 is 0 Å². The van der Waals surface area contributed by atoms with Crippen LogP contribution in [0.1, 0.15) is 46.0 Å². The summed E-state index contributed by atoms with van der Waals surface area (Å²) in [5.41, 5.74) is 0.932. The van der Waals surface area contributed by atoms with E-state index in [1.54, 1.807) is 4.90 Å². The molecule has 0 spiro atoms. The average Bonchev–Trinajstić information content (AvgIpc) is 3.33. The zero-order valence-corrected chi connectivity index (χ0v) is 21.1. The summed E-state index contributed by atoms with van der Waals surface area (Å²) in [4.78, 5) is 14.6. The summed E-state index contributed by atoms with van der Waals surface area (Å²) in [6.45, 7) is 5.35. The normalized spacial score (nSPS) is 17.5. The summed E-state index contributed by atoms with van der Waals surface area (Å²) in [6, 6.07) is 7.28. The van der Waals surface area contributed by atoms with Gasteiger partial charge in [-0.05, 0) is 44.0 Å². The third kappa shape index (κ3) is 6.48. The van der Waals surface area contributed by atoms with Gasteiger partial charge in [0.2, 0.25) is 5.91 Å². The second-order valence-corrected chi connectivity index (χ2v) is 11.7. The number of benzene rings is 1. The van der Waals surface area contributed by atoms with Gasteiger partial charge in [-0.1, -0.05) is 49.5 Å². The minimum absolute atomic E-state index is 0.0611. The fourth-order valence-electron chi connectivity index (χ4n) is 3.97. The summed E-state index contributed by atoms with van der Waals surface area (Å²) in [5.74, 6) is 1.13. The zero-order valence-electron chi connectivity index (χ0n) is 18.7. The summed E-state index contributed by atoms with van der Waals surface area (Å²) < 4.78 is 25.8. The van der Waals surface area contributed by atoms with Gasteiger partial charge in [0.25, 0.3) is 0 Å². The molecule has 2 heterocycles. The Bertz CT molecular complexity index is 1010. The van der Waals surface area contributed by atoms with Gasteiger partial charge < -0.3 is 9.47 Å². The van der Waals surface area contributed by atoms with Crippen LogP contribution in [-0.2, 0) is 21.2 Å². The molecule has 0 aliphatic carbocycles. The van der Waals surface area contributed by atoms with E-state index in [2.05, 4.69) is 21.7 Å². The molecule has 2 aromatic rings. The first-order chi connectivity index (χ1) is 15.3. The number of carbonyl (C=O) groups excluding carboxylic acids is 1. The number of aromatic nitrogens is 3. The number of unbranched alkanes of at least 4 members (excludes halogenated alkanes) is 3. The van der Waals surface area contributed by atoms with E-state index < -0.39 is 9.84 Å². The minimum atomic E-state index is -3.04. The van der Waals surface area contributed by atoms with Crippen LogP contribution in [0, 0.1) is 0 Å². The Balaban J connectivity index is 1.73. The second kappa shape index (κ2) is 11.5. The predicted molar refractivity (Wildman–Crippen MR) is 130 cm³/mol. The molecule has 0 bridgehead atoms. The number of amides is 1. The molecule has 1 aliphatic rings. The Morgan fingerprint density at radius 2 is 1.94 bits per heavy atom. The van der Waals surface area contributed by atoms with E-state index in [0.717, 1.165) is 37.2 Å². The molecule has 0 saturated carbocycles. The predicted octanol–water partition coefficient (Wildman–Crippen LogP) is 4.31. The van der Waals surface area contributed by atoms with Crippen molar-refractivity contribution in [3.8, 4) is 11.4 Å².